The molecule has 3 rings (SSSR count). The van der Waals surface area contributed by atoms with Crippen LogP contribution in [0.1, 0.15) is 43.0 Å². The lowest BCUT2D eigenvalue weighted by molar-refractivity contribution is -0.108. The van der Waals surface area contributed by atoms with E-state index in [-0.39, 0.29) is 11.6 Å². The molecule has 2 unspecified atom stereocenters. The lowest BCUT2D eigenvalue weighted by Gasteiger charge is -2.45. The minimum Gasteiger partial charge on any atom is -0.467 e. The molecule has 0 aliphatic carbocycles. The zero-order valence-electron chi connectivity index (χ0n) is 12.1. The number of hydrogen-bond acceptors (Lipinski definition) is 5. The molecule has 20 heavy (non-hydrogen) atoms. The van der Waals surface area contributed by atoms with E-state index in [1.807, 2.05) is 17.8 Å². The summed E-state index contributed by atoms with van der Waals surface area (Å²) in [6.45, 7) is 2.92. The topological polar surface area (TPSA) is 60.4 Å². The predicted molar refractivity (Wildman–Crippen MR) is 81.5 cm³/mol. The number of thioether (sulfide) groups is 1. The van der Waals surface area contributed by atoms with Crippen molar-refractivity contribution in [2.75, 3.05) is 18.1 Å². The summed E-state index contributed by atoms with van der Waals surface area (Å²) in [6, 6.07) is 2.10. The molecule has 3 N–H and O–H groups in total. The second kappa shape index (κ2) is 6.10. The van der Waals surface area contributed by atoms with Crippen molar-refractivity contribution >= 4 is 11.8 Å². The van der Waals surface area contributed by atoms with Crippen molar-refractivity contribution in [1.29, 1.82) is 0 Å². The van der Waals surface area contributed by atoms with Crippen LogP contribution in [-0.4, -0.2) is 23.7 Å². The van der Waals surface area contributed by atoms with Gasteiger partial charge in [-0.15, -0.1) is 0 Å². The highest BCUT2D eigenvalue weighted by atomic mass is 32.2. The first-order valence-corrected chi connectivity index (χ1v) is 8.61. The summed E-state index contributed by atoms with van der Waals surface area (Å²) in [5, 5.41) is 0. The van der Waals surface area contributed by atoms with Crippen LogP contribution in [0.25, 0.3) is 0 Å². The normalized spacial score (nSPS) is 27.6. The largest absolute Gasteiger partial charge is 0.467 e. The first-order valence-electron chi connectivity index (χ1n) is 7.46. The van der Waals surface area contributed by atoms with Gasteiger partial charge in [-0.2, -0.15) is 11.8 Å². The summed E-state index contributed by atoms with van der Waals surface area (Å²) >= 11 is 2.04. The van der Waals surface area contributed by atoms with Crippen LogP contribution in [0, 0.1) is 12.8 Å². The molecule has 2 atom stereocenters. The van der Waals surface area contributed by atoms with Gasteiger partial charge in [-0.3, -0.25) is 5.84 Å². The Balaban J connectivity index is 1.76. The fourth-order valence-electron chi connectivity index (χ4n) is 3.57. The van der Waals surface area contributed by atoms with Crippen LogP contribution in [0.15, 0.2) is 16.7 Å². The number of furan rings is 1. The Morgan fingerprint density at radius 1 is 1.45 bits per heavy atom. The van der Waals surface area contributed by atoms with E-state index in [1.165, 1.54) is 29.9 Å². The third-order valence-corrected chi connectivity index (χ3v) is 5.76. The Morgan fingerprint density at radius 3 is 2.90 bits per heavy atom. The predicted octanol–water partition coefficient (Wildman–Crippen LogP) is 2.78. The van der Waals surface area contributed by atoms with Gasteiger partial charge in [-0.25, -0.2) is 5.43 Å². The van der Waals surface area contributed by atoms with Gasteiger partial charge in [0.15, 0.2) is 0 Å². The quantitative estimate of drug-likeness (QED) is 0.663. The Morgan fingerprint density at radius 2 is 2.25 bits per heavy atom. The van der Waals surface area contributed by atoms with Gasteiger partial charge in [0.1, 0.15) is 5.76 Å². The fourth-order valence-corrected chi connectivity index (χ4v) is 4.81. The molecule has 4 nitrogen and oxygen atoms in total. The first kappa shape index (κ1) is 14.4. The van der Waals surface area contributed by atoms with Crippen LogP contribution in [0.5, 0.6) is 0 Å². The molecular formula is C15H24N2O2S. The molecule has 5 heteroatoms. The maximum atomic E-state index is 6.17. The molecule has 2 saturated heterocycles. The van der Waals surface area contributed by atoms with Crippen molar-refractivity contribution < 1.29 is 9.15 Å². The molecule has 1 spiro atoms. The van der Waals surface area contributed by atoms with Gasteiger partial charge < -0.3 is 9.15 Å². The molecule has 0 aromatic carbocycles. The second-order valence-corrected chi connectivity index (χ2v) is 7.23. The van der Waals surface area contributed by atoms with E-state index in [9.17, 15) is 0 Å². The molecule has 1 aromatic rings. The standard InChI is InChI=1S/C15H24N2O2S/c1-11-2-6-18-14(11)13(17-16)12-3-7-19-15(10-12)4-8-20-9-5-15/h2,6,12-13,17H,3-5,7-10,16H2,1H3. The highest BCUT2D eigenvalue weighted by Crippen LogP contribution is 2.43. The molecule has 2 aliphatic rings. The lowest BCUT2D eigenvalue weighted by Crippen LogP contribution is -2.46. The Hall–Kier alpha value is -0.490. The summed E-state index contributed by atoms with van der Waals surface area (Å²) < 4.78 is 11.8. The van der Waals surface area contributed by atoms with E-state index in [0.717, 1.165) is 25.2 Å². The summed E-state index contributed by atoms with van der Waals surface area (Å²) in [5.41, 5.74) is 4.24. The maximum Gasteiger partial charge on any atom is 0.125 e. The van der Waals surface area contributed by atoms with Crippen molar-refractivity contribution in [2.45, 2.75) is 44.2 Å². The monoisotopic (exact) mass is 296 g/mol. The average molecular weight is 296 g/mol. The number of rotatable bonds is 3. The second-order valence-electron chi connectivity index (χ2n) is 6.01. The van der Waals surface area contributed by atoms with Gasteiger partial charge in [-0.1, -0.05) is 0 Å². The summed E-state index contributed by atoms with van der Waals surface area (Å²) in [7, 11) is 0. The van der Waals surface area contributed by atoms with Crippen molar-refractivity contribution in [3.8, 4) is 0 Å². The zero-order valence-corrected chi connectivity index (χ0v) is 12.9. The molecule has 1 aromatic heterocycles. The Bertz CT molecular complexity index is 437. The average Bonchev–Trinajstić information content (AvgIpc) is 2.87. The highest BCUT2D eigenvalue weighted by molar-refractivity contribution is 7.99. The van der Waals surface area contributed by atoms with Gasteiger partial charge in [0.25, 0.3) is 0 Å². The molecule has 0 radical (unpaired) electrons. The van der Waals surface area contributed by atoms with Crippen molar-refractivity contribution in [1.82, 2.24) is 5.43 Å². The van der Waals surface area contributed by atoms with Crippen LogP contribution < -0.4 is 11.3 Å². The number of hydrogen-bond donors (Lipinski definition) is 2. The SMILES string of the molecule is Cc1ccoc1C(NN)C1CCOC2(CCSCC2)C1. The van der Waals surface area contributed by atoms with E-state index in [4.69, 9.17) is 15.0 Å². The van der Waals surface area contributed by atoms with Crippen LogP contribution in [0.2, 0.25) is 0 Å². The van der Waals surface area contributed by atoms with Gasteiger partial charge in [-0.05, 0) is 61.7 Å². The van der Waals surface area contributed by atoms with E-state index in [0.29, 0.717) is 5.92 Å². The van der Waals surface area contributed by atoms with Gasteiger partial charge in [0.2, 0.25) is 0 Å². The smallest absolute Gasteiger partial charge is 0.125 e. The van der Waals surface area contributed by atoms with Gasteiger partial charge in [0, 0.05) is 6.61 Å². The number of ether oxygens (including phenoxy) is 1. The summed E-state index contributed by atoms with van der Waals surface area (Å²) in [5.74, 6) is 9.73. The third kappa shape index (κ3) is 2.77. The molecule has 2 fully saturated rings. The first-order chi connectivity index (χ1) is 9.74. The molecule has 2 aliphatic heterocycles. The minimum atomic E-state index is 0.0871. The summed E-state index contributed by atoms with van der Waals surface area (Å²) in [4.78, 5) is 0. The molecular weight excluding hydrogens is 272 g/mol. The van der Waals surface area contributed by atoms with E-state index in [1.54, 1.807) is 6.26 Å². The number of hydrazine groups is 1. The van der Waals surface area contributed by atoms with Crippen LogP contribution in [-0.2, 0) is 4.74 Å². The molecule has 0 saturated carbocycles. The number of aryl methyl sites for hydroxylation is 1. The van der Waals surface area contributed by atoms with Crippen molar-refractivity contribution in [3.63, 3.8) is 0 Å². The zero-order chi connectivity index (χ0) is 14.0. The van der Waals surface area contributed by atoms with Gasteiger partial charge in [0.05, 0.1) is 17.9 Å². The molecule has 112 valence electrons. The Labute approximate surface area is 124 Å². The fraction of sp³-hybridized carbons (Fsp3) is 0.733. The minimum absolute atomic E-state index is 0.0871. The maximum absolute atomic E-state index is 6.17. The van der Waals surface area contributed by atoms with E-state index < -0.39 is 0 Å². The molecule has 3 heterocycles. The summed E-state index contributed by atoms with van der Waals surface area (Å²) in [6.07, 6.45) is 6.22. The van der Waals surface area contributed by atoms with Crippen LogP contribution >= 0.6 is 11.8 Å². The number of nitrogens with one attached hydrogen (secondary N) is 1. The highest BCUT2D eigenvalue weighted by Gasteiger charge is 2.42. The number of nitrogens with two attached hydrogens (primary N) is 1. The third-order valence-electron chi connectivity index (χ3n) is 4.77. The van der Waals surface area contributed by atoms with Gasteiger partial charge >= 0.3 is 0 Å². The van der Waals surface area contributed by atoms with Crippen LogP contribution in [0.3, 0.4) is 0 Å². The van der Waals surface area contributed by atoms with Crippen molar-refractivity contribution in [3.05, 3.63) is 23.7 Å². The van der Waals surface area contributed by atoms with Crippen LogP contribution in [0.4, 0.5) is 0 Å². The van der Waals surface area contributed by atoms with Crippen molar-refractivity contribution in [2.24, 2.45) is 11.8 Å². The lowest BCUT2D eigenvalue weighted by atomic mass is 9.78. The molecule has 0 bridgehead atoms. The molecule has 0 amide bonds. The Kier molecular flexibility index (Phi) is 4.40. The van der Waals surface area contributed by atoms with E-state index >= 15 is 0 Å². The van der Waals surface area contributed by atoms with E-state index in [2.05, 4.69) is 12.3 Å².